The molecular weight excluding hydrogens is 1100 g/mol. The molecule has 4 aliphatic heterocycles. The molecule has 6 fully saturated rings. The van der Waals surface area contributed by atoms with E-state index in [-0.39, 0.29) is 85.6 Å². The molecule has 4 saturated heterocycles. The van der Waals surface area contributed by atoms with Crippen LogP contribution in [0.25, 0.3) is 0 Å². The fourth-order valence-electron chi connectivity index (χ4n) is 11.6. The smallest absolute Gasteiger partial charge is 0.306 e. The Labute approximate surface area is 482 Å². The molecular formula is C60H80N4O16S2. The van der Waals surface area contributed by atoms with Crippen LogP contribution in [-0.4, -0.2) is 151 Å². The summed E-state index contributed by atoms with van der Waals surface area (Å²) in [5, 5.41) is 23.1. The molecule has 0 unspecified atom stereocenters. The van der Waals surface area contributed by atoms with Gasteiger partial charge in [0.25, 0.3) is 20.0 Å². The van der Waals surface area contributed by atoms with E-state index in [0.29, 0.717) is 31.7 Å². The molecule has 0 bridgehead atoms. The first-order chi connectivity index (χ1) is 39.5. The Morgan fingerprint density at radius 1 is 0.573 bits per heavy atom. The number of aliphatic hydroxyl groups is 2. The lowest BCUT2D eigenvalue weighted by molar-refractivity contribution is -0.158. The van der Waals surface area contributed by atoms with Crippen molar-refractivity contribution in [3.63, 3.8) is 0 Å². The molecule has 2 saturated carbocycles. The summed E-state index contributed by atoms with van der Waals surface area (Å²) >= 11 is 0. The molecule has 2 aliphatic carbocycles. The molecule has 82 heavy (non-hydrogen) atoms. The maximum absolute atomic E-state index is 13.9. The third-order valence-electron chi connectivity index (χ3n) is 16.3. The Morgan fingerprint density at radius 3 is 1.43 bits per heavy atom. The lowest BCUT2D eigenvalue weighted by Gasteiger charge is -2.30. The lowest BCUT2D eigenvalue weighted by Crippen LogP contribution is -2.43. The molecule has 0 spiro atoms. The molecule has 6 aliphatic rings. The molecule has 0 amide bonds. The van der Waals surface area contributed by atoms with Gasteiger partial charge in [0.1, 0.15) is 12.2 Å². The summed E-state index contributed by atoms with van der Waals surface area (Å²) in [6, 6.07) is 31.6. The fourth-order valence-corrected chi connectivity index (χ4v) is 14.3. The van der Waals surface area contributed by atoms with Crippen molar-refractivity contribution in [2.45, 2.75) is 149 Å². The maximum atomic E-state index is 13.9. The minimum Gasteiger partial charge on any atom is -0.459 e. The van der Waals surface area contributed by atoms with Gasteiger partial charge >= 0.3 is 11.9 Å². The summed E-state index contributed by atoms with van der Waals surface area (Å²) in [7, 11) is -4.59. The number of aliphatic hydroxyl groups excluding tert-OH is 2. The lowest BCUT2D eigenvalue weighted by atomic mass is 9.91. The van der Waals surface area contributed by atoms with Crippen molar-refractivity contribution >= 4 is 43.4 Å². The highest BCUT2D eigenvalue weighted by Gasteiger charge is 2.46. The highest BCUT2D eigenvalue weighted by atomic mass is 32.2. The van der Waals surface area contributed by atoms with Crippen LogP contribution in [0.5, 0.6) is 0 Å². The molecule has 22 heteroatoms. The van der Waals surface area contributed by atoms with Crippen LogP contribution < -0.4 is 10.6 Å². The molecule has 448 valence electrons. The molecule has 4 aromatic rings. The Kier molecular flexibility index (Phi) is 21.5. The van der Waals surface area contributed by atoms with E-state index < -0.39 is 68.2 Å². The number of nitrogen functional groups attached to an aromatic ring is 1. The third-order valence-corrected chi connectivity index (χ3v) is 19.5. The first-order valence-electron chi connectivity index (χ1n) is 28.8. The predicted octanol–water partition coefficient (Wildman–Crippen LogP) is 6.58. The maximum Gasteiger partial charge on any atom is 0.306 e. The van der Waals surface area contributed by atoms with Crippen LogP contribution in [0.1, 0.15) is 88.2 Å². The average molecular weight is 1180 g/mol. The molecule has 0 radical (unpaired) electrons. The highest BCUT2D eigenvalue weighted by molar-refractivity contribution is 7.89. The minimum atomic E-state index is -4.14. The van der Waals surface area contributed by atoms with Crippen molar-refractivity contribution in [2.24, 2.45) is 23.7 Å². The normalized spacial score (nSPS) is 24.4. The number of fused-ring (bicyclic) bond motifs is 2. The van der Waals surface area contributed by atoms with Gasteiger partial charge in [-0.15, -0.1) is 0 Å². The minimum absolute atomic E-state index is 0.000187. The summed E-state index contributed by atoms with van der Waals surface area (Å²) in [6.07, 6.45) is 4.37. The van der Waals surface area contributed by atoms with Crippen molar-refractivity contribution < 1.29 is 74.7 Å². The number of hydrogen-bond acceptors (Lipinski definition) is 18. The second-order valence-corrected chi connectivity index (χ2v) is 26.2. The second-order valence-electron chi connectivity index (χ2n) is 22.5. The van der Waals surface area contributed by atoms with E-state index >= 15 is 0 Å². The average Bonchev–Trinajstić information content (AvgIpc) is 4.36. The number of ether oxygens (including phenoxy) is 6. The zero-order chi connectivity index (χ0) is 57.8. The van der Waals surface area contributed by atoms with E-state index in [0.717, 1.165) is 90.0 Å². The van der Waals surface area contributed by atoms with Gasteiger partial charge in [0, 0.05) is 37.3 Å². The fraction of sp³-hybridized carbons (Fsp3) is 0.567. The van der Waals surface area contributed by atoms with Gasteiger partial charge in [0.2, 0.25) is 0 Å². The number of benzene rings is 4. The van der Waals surface area contributed by atoms with Crippen molar-refractivity contribution in [3.05, 3.63) is 120 Å². The highest BCUT2D eigenvalue weighted by Crippen LogP contribution is 2.36. The van der Waals surface area contributed by atoms with E-state index in [1.165, 1.54) is 18.2 Å². The van der Waals surface area contributed by atoms with Gasteiger partial charge in [-0.3, -0.25) is 19.3 Å². The summed E-state index contributed by atoms with van der Waals surface area (Å²) in [4.78, 5) is 40.3. The largest absolute Gasteiger partial charge is 0.459 e. The van der Waals surface area contributed by atoms with Gasteiger partial charge in [-0.2, -0.15) is 0 Å². The number of nitrogens with zero attached hydrogens (tertiary/aromatic N) is 3. The molecule has 10 rings (SSSR count). The number of esters is 2. The molecule has 4 N–H and O–H groups in total. The standard InChI is InChI=1S/C31H42N2O8S.C29H38N2O8S/c1-32(2)24-11-8-14-26(19-24)42(36,37)33(41-25-12-6-7-13-25)20-28(34)23(17-22-9-4-3-5-10-22)18-30(35)40-29-21-39-31-27(29)15-16-38-31;30-22-9-6-12-24(17-22)40(34,35)31(39-23-10-4-5-11-23)18-26(32)21(15-20-7-2-1-3-8-20)16-28(33)38-27-19-37-29-25(27)13-14-36-29/h3-5,8-11,14,19,23,25,27-29,31,34H,6-7,12-13,15-18,20-21H2,1-2H3;1-3,6-9,12,17,21,23,25-27,29,32H,4-5,10-11,13-16,18-19,30H2/t23-,27+,28-,29+,31-;21-,25+,26-,27+,29-/m11/s1. The molecule has 0 aromatic heterocycles. The molecule has 20 nitrogen and oxygen atoms in total. The van der Waals surface area contributed by atoms with Crippen LogP contribution in [0.15, 0.2) is 119 Å². The van der Waals surface area contributed by atoms with Gasteiger partial charge in [-0.05, 0) is 98.9 Å². The SMILES string of the molecule is CN(C)c1cccc(S(=O)(=O)N(C[C@@H](O)[C@@H](CC(=O)O[C@H]2CO[C@H]3OCC[C@H]32)Cc2ccccc2)OC2CCCC2)c1.Nc1cccc(S(=O)(=O)N(C[C@@H](O)[C@@H](CC(=O)O[C@H]2CO[C@H]3OCC[C@H]32)Cc2ccccc2)OC2CCCC2)c1. The Hall–Kier alpha value is -5.08. The van der Waals surface area contributed by atoms with Gasteiger partial charge < -0.3 is 49.3 Å². The third kappa shape index (κ3) is 16.2. The van der Waals surface area contributed by atoms with Crippen LogP contribution >= 0.6 is 0 Å². The first-order valence-corrected chi connectivity index (χ1v) is 31.7. The number of anilines is 2. The van der Waals surface area contributed by atoms with E-state index in [9.17, 15) is 36.6 Å². The second kappa shape index (κ2) is 28.7. The van der Waals surface area contributed by atoms with E-state index in [1.807, 2.05) is 85.7 Å². The zero-order valence-electron chi connectivity index (χ0n) is 46.8. The quantitative estimate of drug-likeness (QED) is 0.0360. The van der Waals surface area contributed by atoms with Crippen molar-refractivity contribution in [1.29, 1.82) is 0 Å². The summed E-state index contributed by atoms with van der Waals surface area (Å²) in [6.45, 7) is 1.03. The predicted molar refractivity (Wildman–Crippen MR) is 302 cm³/mol. The summed E-state index contributed by atoms with van der Waals surface area (Å²) < 4.78 is 90.9. The number of sulfonamides is 2. The van der Waals surface area contributed by atoms with Gasteiger partial charge in [-0.25, -0.2) is 16.8 Å². The van der Waals surface area contributed by atoms with Crippen LogP contribution in [0.4, 0.5) is 11.4 Å². The van der Waals surface area contributed by atoms with Gasteiger partial charge in [0.05, 0.1) is 98.4 Å². The van der Waals surface area contributed by atoms with Crippen LogP contribution in [0.2, 0.25) is 0 Å². The summed E-state index contributed by atoms with van der Waals surface area (Å²) in [5.41, 5.74) is 8.74. The number of carbonyl (C=O) groups excluding carboxylic acids is 2. The number of hydrogen-bond donors (Lipinski definition) is 3. The summed E-state index contributed by atoms with van der Waals surface area (Å²) in [5.74, 6) is -2.16. The molecule has 4 heterocycles. The monoisotopic (exact) mass is 1180 g/mol. The van der Waals surface area contributed by atoms with Crippen LogP contribution in [0.3, 0.4) is 0 Å². The van der Waals surface area contributed by atoms with Crippen LogP contribution in [-0.2, 0) is 80.6 Å². The Morgan fingerprint density at radius 2 is 1.00 bits per heavy atom. The van der Waals surface area contributed by atoms with Crippen molar-refractivity contribution in [2.75, 3.05) is 64.2 Å². The number of hydroxylamine groups is 2. The topological polar surface area (TPSA) is 252 Å². The van der Waals surface area contributed by atoms with E-state index in [2.05, 4.69) is 0 Å². The Balaban J connectivity index is 0.000000198. The number of carbonyl (C=O) groups is 2. The molecule has 4 aromatic carbocycles. The van der Waals surface area contributed by atoms with Gasteiger partial charge in [-0.1, -0.05) is 107 Å². The van der Waals surface area contributed by atoms with E-state index in [4.69, 9.17) is 43.8 Å². The zero-order valence-corrected chi connectivity index (χ0v) is 48.4. The number of nitrogens with two attached hydrogens (primary N) is 1. The number of rotatable bonds is 25. The Bertz CT molecular complexity index is 2910. The molecule has 10 atom stereocenters. The van der Waals surface area contributed by atoms with Crippen LogP contribution in [0, 0.1) is 23.7 Å². The van der Waals surface area contributed by atoms with E-state index in [1.54, 1.807) is 24.3 Å². The van der Waals surface area contributed by atoms with Crippen molar-refractivity contribution in [1.82, 2.24) is 8.94 Å². The van der Waals surface area contributed by atoms with Crippen molar-refractivity contribution in [3.8, 4) is 0 Å². The van der Waals surface area contributed by atoms with Gasteiger partial charge in [0.15, 0.2) is 12.6 Å². The first kappa shape index (κ1) is 61.5.